The monoisotopic (exact) mass is 235 g/mol. The number of hydrogen-bond acceptors (Lipinski definition) is 2. The van der Waals surface area contributed by atoms with Crippen LogP contribution >= 0.6 is 11.8 Å². The number of hydrogen-bond donors (Lipinski definition) is 1. The molecule has 1 N–H and O–H groups in total. The lowest BCUT2D eigenvalue weighted by Gasteiger charge is -2.06. The van der Waals surface area contributed by atoms with Crippen molar-refractivity contribution in [2.24, 2.45) is 0 Å². The molecule has 84 valence electrons. The van der Waals surface area contributed by atoms with E-state index in [1.54, 1.807) is 12.1 Å². The van der Waals surface area contributed by atoms with Gasteiger partial charge in [0.05, 0.1) is 0 Å². The summed E-state index contributed by atoms with van der Waals surface area (Å²) in [5.41, 5.74) is -3.22. The van der Waals surface area contributed by atoms with Crippen LogP contribution in [0.5, 0.6) is 0 Å². The van der Waals surface area contributed by atoms with Crippen LogP contribution < -0.4 is 5.32 Å². The number of halogens is 3. The average molecular weight is 235 g/mol. The topological polar surface area (TPSA) is 12.0 Å². The quantitative estimate of drug-likeness (QED) is 0.803. The SMILES string of the molecule is CCNCc1ccc(SC(F)(F)F)cc1. The first kappa shape index (κ1) is 12.4. The van der Waals surface area contributed by atoms with Gasteiger partial charge in [0, 0.05) is 11.4 Å². The van der Waals surface area contributed by atoms with E-state index in [0.717, 1.165) is 12.1 Å². The van der Waals surface area contributed by atoms with Crippen molar-refractivity contribution in [3.05, 3.63) is 29.8 Å². The zero-order valence-corrected chi connectivity index (χ0v) is 9.08. The summed E-state index contributed by atoms with van der Waals surface area (Å²) >= 11 is -0.0871. The van der Waals surface area contributed by atoms with Gasteiger partial charge in [-0.25, -0.2) is 0 Å². The van der Waals surface area contributed by atoms with E-state index in [9.17, 15) is 13.2 Å². The smallest absolute Gasteiger partial charge is 0.313 e. The molecule has 0 spiro atoms. The fraction of sp³-hybridized carbons (Fsp3) is 0.400. The molecule has 1 aromatic rings. The van der Waals surface area contributed by atoms with Gasteiger partial charge in [0.15, 0.2) is 0 Å². The minimum Gasteiger partial charge on any atom is -0.313 e. The summed E-state index contributed by atoms with van der Waals surface area (Å²) in [6, 6.07) is 6.39. The Labute approximate surface area is 91.1 Å². The second-order valence-corrected chi connectivity index (χ2v) is 4.11. The molecule has 0 saturated heterocycles. The number of benzene rings is 1. The Bertz CT molecular complexity index is 295. The molecule has 0 amide bonds. The van der Waals surface area contributed by atoms with Crippen LogP contribution in [0.2, 0.25) is 0 Å². The maximum Gasteiger partial charge on any atom is 0.446 e. The number of thioether (sulfide) groups is 1. The number of rotatable bonds is 4. The van der Waals surface area contributed by atoms with Crippen LogP contribution in [0, 0.1) is 0 Å². The molecule has 0 bridgehead atoms. The fourth-order valence-corrected chi connectivity index (χ4v) is 1.62. The van der Waals surface area contributed by atoms with Crippen molar-refractivity contribution in [3.63, 3.8) is 0 Å². The van der Waals surface area contributed by atoms with E-state index in [-0.39, 0.29) is 16.7 Å². The van der Waals surface area contributed by atoms with Gasteiger partial charge in [-0.2, -0.15) is 13.2 Å². The first-order chi connectivity index (χ1) is 7.01. The Morgan fingerprint density at radius 1 is 1.20 bits per heavy atom. The molecule has 1 aromatic carbocycles. The molecular weight excluding hydrogens is 223 g/mol. The van der Waals surface area contributed by atoms with Crippen molar-refractivity contribution in [2.75, 3.05) is 6.54 Å². The van der Waals surface area contributed by atoms with Crippen molar-refractivity contribution in [1.29, 1.82) is 0 Å². The van der Waals surface area contributed by atoms with Crippen LogP contribution in [-0.2, 0) is 6.54 Å². The zero-order valence-electron chi connectivity index (χ0n) is 8.27. The molecule has 1 rings (SSSR count). The molecule has 0 heterocycles. The lowest BCUT2D eigenvalue weighted by Crippen LogP contribution is -2.11. The van der Waals surface area contributed by atoms with Gasteiger partial charge in [0.2, 0.25) is 0 Å². The van der Waals surface area contributed by atoms with Crippen molar-refractivity contribution < 1.29 is 13.2 Å². The molecule has 0 atom stereocenters. The van der Waals surface area contributed by atoms with Crippen LogP contribution in [0.15, 0.2) is 29.2 Å². The van der Waals surface area contributed by atoms with Crippen LogP contribution in [0.25, 0.3) is 0 Å². The van der Waals surface area contributed by atoms with Gasteiger partial charge in [0.25, 0.3) is 0 Å². The normalized spacial score (nSPS) is 11.7. The standard InChI is InChI=1S/C10H12F3NS/c1-2-14-7-8-3-5-9(6-4-8)15-10(11,12)13/h3-6,14H,2,7H2,1H3. The van der Waals surface area contributed by atoms with Crippen molar-refractivity contribution in [1.82, 2.24) is 5.32 Å². The molecular formula is C10H12F3NS. The van der Waals surface area contributed by atoms with Gasteiger partial charge in [-0.15, -0.1) is 0 Å². The van der Waals surface area contributed by atoms with E-state index in [1.807, 2.05) is 6.92 Å². The van der Waals surface area contributed by atoms with E-state index in [4.69, 9.17) is 0 Å². The molecule has 0 aromatic heterocycles. The summed E-state index contributed by atoms with van der Waals surface area (Å²) in [6.45, 7) is 3.51. The van der Waals surface area contributed by atoms with E-state index in [1.165, 1.54) is 12.1 Å². The van der Waals surface area contributed by atoms with Crippen molar-refractivity contribution in [3.8, 4) is 0 Å². The zero-order chi connectivity index (χ0) is 11.3. The molecule has 0 aliphatic carbocycles. The molecule has 1 nitrogen and oxygen atoms in total. The maximum absolute atomic E-state index is 12.0. The second-order valence-electron chi connectivity index (χ2n) is 2.97. The highest BCUT2D eigenvalue weighted by Crippen LogP contribution is 2.36. The molecule has 0 fully saturated rings. The molecule has 0 aliphatic heterocycles. The van der Waals surface area contributed by atoms with E-state index in [2.05, 4.69) is 5.32 Å². The van der Waals surface area contributed by atoms with Crippen LogP contribution in [0.4, 0.5) is 13.2 Å². The highest BCUT2D eigenvalue weighted by Gasteiger charge is 2.28. The molecule has 0 saturated carbocycles. The van der Waals surface area contributed by atoms with Gasteiger partial charge in [-0.3, -0.25) is 0 Å². The highest BCUT2D eigenvalue weighted by molar-refractivity contribution is 8.00. The van der Waals surface area contributed by atoms with Gasteiger partial charge in [-0.1, -0.05) is 19.1 Å². The van der Waals surface area contributed by atoms with Crippen LogP contribution in [0.3, 0.4) is 0 Å². The second kappa shape index (κ2) is 5.42. The average Bonchev–Trinajstić information content (AvgIpc) is 2.14. The summed E-state index contributed by atoms with van der Waals surface area (Å²) in [7, 11) is 0. The molecule has 0 radical (unpaired) electrons. The van der Waals surface area contributed by atoms with E-state index < -0.39 is 5.51 Å². The Hall–Kier alpha value is -0.680. The summed E-state index contributed by atoms with van der Waals surface area (Å²) < 4.78 is 36.0. The minimum absolute atomic E-state index is 0.0871. The van der Waals surface area contributed by atoms with Crippen molar-refractivity contribution >= 4 is 11.8 Å². The van der Waals surface area contributed by atoms with Crippen LogP contribution in [-0.4, -0.2) is 12.1 Å². The predicted octanol–water partition coefficient (Wildman–Crippen LogP) is 3.41. The molecule has 5 heteroatoms. The van der Waals surface area contributed by atoms with Gasteiger partial charge < -0.3 is 5.32 Å². The first-order valence-corrected chi connectivity index (χ1v) is 5.38. The largest absolute Gasteiger partial charge is 0.446 e. The van der Waals surface area contributed by atoms with E-state index in [0.29, 0.717) is 6.54 Å². The summed E-state index contributed by atoms with van der Waals surface area (Å²) in [6.07, 6.45) is 0. The Morgan fingerprint density at radius 2 is 1.80 bits per heavy atom. The van der Waals surface area contributed by atoms with Crippen LogP contribution in [0.1, 0.15) is 12.5 Å². The van der Waals surface area contributed by atoms with Gasteiger partial charge in [0.1, 0.15) is 0 Å². The maximum atomic E-state index is 12.0. The summed E-state index contributed by atoms with van der Waals surface area (Å²) in [4.78, 5) is 0.225. The third-order valence-corrected chi connectivity index (χ3v) is 2.48. The van der Waals surface area contributed by atoms with Gasteiger partial charge >= 0.3 is 5.51 Å². The summed E-state index contributed by atoms with van der Waals surface area (Å²) in [5.74, 6) is 0. The summed E-state index contributed by atoms with van der Waals surface area (Å²) in [5, 5.41) is 3.10. The molecule has 0 unspecified atom stereocenters. The lowest BCUT2D eigenvalue weighted by molar-refractivity contribution is -0.0328. The number of alkyl halides is 3. The van der Waals surface area contributed by atoms with Gasteiger partial charge in [-0.05, 0) is 36.0 Å². The Kier molecular flexibility index (Phi) is 4.47. The van der Waals surface area contributed by atoms with Crippen molar-refractivity contribution in [2.45, 2.75) is 23.9 Å². The predicted molar refractivity (Wildman–Crippen MR) is 55.7 cm³/mol. The third-order valence-electron chi connectivity index (χ3n) is 1.74. The third kappa shape index (κ3) is 5.09. The van der Waals surface area contributed by atoms with E-state index >= 15 is 0 Å². The molecule has 15 heavy (non-hydrogen) atoms. The Balaban J connectivity index is 2.56. The molecule has 0 aliphatic rings. The minimum atomic E-state index is -4.21. The highest BCUT2D eigenvalue weighted by atomic mass is 32.2. The Morgan fingerprint density at radius 3 is 2.27 bits per heavy atom. The first-order valence-electron chi connectivity index (χ1n) is 4.56. The fourth-order valence-electron chi connectivity index (χ4n) is 1.08. The number of nitrogens with one attached hydrogen (secondary N) is 1. The lowest BCUT2D eigenvalue weighted by atomic mass is 10.2.